The van der Waals surface area contributed by atoms with E-state index in [1.807, 2.05) is 0 Å². The summed E-state index contributed by atoms with van der Waals surface area (Å²) in [5.41, 5.74) is 0.122. The minimum Gasteiger partial charge on any atom is -0.396 e. The van der Waals surface area contributed by atoms with Crippen LogP contribution in [0, 0.1) is 11.3 Å². The number of hydrogen-bond donors (Lipinski definition) is 2. The molecular weight excluding hydrogens is 302 g/mol. The van der Waals surface area contributed by atoms with Crippen LogP contribution in [0.25, 0.3) is 0 Å². The van der Waals surface area contributed by atoms with Gasteiger partial charge in [0.15, 0.2) is 5.96 Å². The topological polar surface area (TPSA) is 57.1 Å². The lowest BCUT2D eigenvalue weighted by molar-refractivity contribution is 0.0625. The first-order valence-corrected chi connectivity index (χ1v) is 9.78. The van der Waals surface area contributed by atoms with Gasteiger partial charge in [-0.2, -0.15) is 0 Å². The molecule has 1 rings (SSSR count). The van der Waals surface area contributed by atoms with E-state index in [1.165, 1.54) is 19.3 Å². The van der Waals surface area contributed by atoms with Gasteiger partial charge in [0.2, 0.25) is 0 Å². The maximum Gasteiger partial charge on any atom is 0.193 e. The van der Waals surface area contributed by atoms with Gasteiger partial charge >= 0.3 is 0 Å². The van der Waals surface area contributed by atoms with Crippen molar-refractivity contribution in [1.29, 1.82) is 0 Å². The predicted molar refractivity (Wildman–Crippen MR) is 101 cm³/mol. The summed E-state index contributed by atoms with van der Waals surface area (Å²) in [6.45, 7) is 11.3. The summed E-state index contributed by atoms with van der Waals surface area (Å²) in [6.07, 6.45) is 6.51. The first-order valence-electron chi connectivity index (χ1n) is 9.78. The molecule has 0 aromatic heterocycles. The van der Waals surface area contributed by atoms with Gasteiger partial charge in [0.05, 0.1) is 0 Å². The smallest absolute Gasteiger partial charge is 0.193 e. The minimum atomic E-state index is 0.122. The maximum atomic E-state index is 9.39. The quantitative estimate of drug-likeness (QED) is 0.474. The van der Waals surface area contributed by atoms with Gasteiger partial charge < -0.3 is 20.1 Å². The summed E-state index contributed by atoms with van der Waals surface area (Å²) in [6, 6.07) is 0. The van der Waals surface area contributed by atoms with E-state index in [1.54, 1.807) is 0 Å². The van der Waals surface area contributed by atoms with Crippen LogP contribution in [0.2, 0.25) is 0 Å². The zero-order valence-corrected chi connectivity index (χ0v) is 16.3. The van der Waals surface area contributed by atoms with Gasteiger partial charge in [0, 0.05) is 46.5 Å². The largest absolute Gasteiger partial charge is 0.396 e. The van der Waals surface area contributed by atoms with Crippen LogP contribution in [0.3, 0.4) is 0 Å². The Morgan fingerprint density at radius 3 is 2.46 bits per heavy atom. The number of ether oxygens (including phenoxy) is 1. The summed E-state index contributed by atoms with van der Waals surface area (Å²) in [4.78, 5) is 7.16. The van der Waals surface area contributed by atoms with E-state index in [0.717, 1.165) is 64.0 Å². The molecule has 1 aliphatic rings. The predicted octanol–water partition coefficient (Wildman–Crippen LogP) is 2.89. The van der Waals surface area contributed by atoms with E-state index in [4.69, 9.17) is 9.73 Å². The van der Waals surface area contributed by atoms with Crippen molar-refractivity contribution in [2.24, 2.45) is 16.3 Å². The molecule has 0 atom stereocenters. The van der Waals surface area contributed by atoms with Gasteiger partial charge in [-0.05, 0) is 56.8 Å². The minimum absolute atomic E-state index is 0.122. The highest BCUT2D eigenvalue weighted by atomic mass is 16.5. The molecule has 0 spiro atoms. The monoisotopic (exact) mass is 341 g/mol. The van der Waals surface area contributed by atoms with E-state index < -0.39 is 0 Å². The SMILES string of the molecule is CCNC(=NCC(CC)(CC)CCO)N(C)CCC1CCOCC1. The summed E-state index contributed by atoms with van der Waals surface area (Å²) >= 11 is 0. The Morgan fingerprint density at radius 2 is 1.92 bits per heavy atom. The average Bonchev–Trinajstić information content (AvgIpc) is 2.63. The fraction of sp³-hybridized carbons (Fsp3) is 0.947. The molecule has 0 aromatic rings. The first-order chi connectivity index (χ1) is 11.6. The fourth-order valence-corrected chi connectivity index (χ4v) is 3.37. The lowest BCUT2D eigenvalue weighted by Crippen LogP contribution is -2.41. The van der Waals surface area contributed by atoms with Crippen molar-refractivity contribution < 1.29 is 9.84 Å². The van der Waals surface area contributed by atoms with Gasteiger partial charge in [0.1, 0.15) is 0 Å². The Hall–Kier alpha value is -0.810. The third kappa shape index (κ3) is 6.98. The fourth-order valence-electron chi connectivity index (χ4n) is 3.37. The van der Waals surface area contributed by atoms with E-state index >= 15 is 0 Å². The van der Waals surface area contributed by atoms with Crippen LogP contribution >= 0.6 is 0 Å². The summed E-state index contributed by atoms with van der Waals surface area (Å²) in [7, 11) is 2.13. The zero-order valence-electron chi connectivity index (χ0n) is 16.3. The van der Waals surface area contributed by atoms with Gasteiger partial charge in [0.25, 0.3) is 0 Å². The number of guanidine groups is 1. The Kier molecular flexibility index (Phi) is 10.3. The lowest BCUT2D eigenvalue weighted by atomic mass is 9.79. The first kappa shape index (κ1) is 21.2. The summed E-state index contributed by atoms with van der Waals surface area (Å²) in [5.74, 6) is 1.78. The molecule has 1 fully saturated rings. The van der Waals surface area contributed by atoms with E-state index in [0.29, 0.717) is 0 Å². The third-order valence-electron chi connectivity index (χ3n) is 5.62. The Bertz CT molecular complexity index is 351. The van der Waals surface area contributed by atoms with E-state index in [2.05, 4.69) is 38.0 Å². The number of nitrogens with zero attached hydrogens (tertiary/aromatic N) is 2. The number of aliphatic imine (C=N–C) groups is 1. The third-order valence-corrected chi connectivity index (χ3v) is 5.62. The highest BCUT2D eigenvalue weighted by Gasteiger charge is 2.25. The van der Waals surface area contributed by atoms with Crippen LogP contribution in [0.1, 0.15) is 59.3 Å². The number of hydrogen-bond acceptors (Lipinski definition) is 3. The van der Waals surface area contributed by atoms with Crippen molar-refractivity contribution >= 4 is 5.96 Å². The highest BCUT2D eigenvalue weighted by molar-refractivity contribution is 5.79. The molecule has 1 heterocycles. The highest BCUT2D eigenvalue weighted by Crippen LogP contribution is 2.30. The molecule has 5 heteroatoms. The summed E-state index contributed by atoms with van der Waals surface area (Å²) < 4.78 is 5.45. The van der Waals surface area contributed by atoms with Crippen molar-refractivity contribution in [2.75, 3.05) is 46.5 Å². The molecule has 0 aliphatic carbocycles. The van der Waals surface area contributed by atoms with Crippen LogP contribution in [-0.2, 0) is 4.74 Å². The molecule has 0 radical (unpaired) electrons. The van der Waals surface area contributed by atoms with Crippen LogP contribution in [0.15, 0.2) is 4.99 Å². The second-order valence-electron chi connectivity index (χ2n) is 7.12. The van der Waals surface area contributed by atoms with Crippen molar-refractivity contribution in [3.63, 3.8) is 0 Å². The Balaban J connectivity index is 2.61. The molecule has 0 aromatic carbocycles. The number of aliphatic hydroxyl groups excluding tert-OH is 1. The summed E-state index contributed by atoms with van der Waals surface area (Å²) in [5, 5.41) is 12.8. The Labute approximate surface area is 148 Å². The molecule has 0 saturated carbocycles. The van der Waals surface area contributed by atoms with E-state index in [-0.39, 0.29) is 12.0 Å². The van der Waals surface area contributed by atoms with Gasteiger partial charge in [-0.15, -0.1) is 0 Å². The van der Waals surface area contributed by atoms with Crippen LogP contribution in [-0.4, -0.2) is 62.5 Å². The number of aliphatic hydroxyl groups is 1. The van der Waals surface area contributed by atoms with Crippen LogP contribution < -0.4 is 5.32 Å². The normalized spacial score (nSPS) is 17.1. The van der Waals surface area contributed by atoms with Gasteiger partial charge in [-0.1, -0.05) is 13.8 Å². The number of nitrogens with one attached hydrogen (secondary N) is 1. The molecule has 2 N–H and O–H groups in total. The zero-order chi connectivity index (χ0) is 17.8. The van der Waals surface area contributed by atoms with Crippen LogP contribution in [0.5, 0.6) is 0 Å². The van der Waals surface area contributed by atoms with Crippen molar-refractivity contribution in [2.45, 2.75) is 59.3 Å². The molecule has 0 bridgehead atoms. The molecule has 0 unspecified atom stereocenters. The maximum absolute atomic E-state index is 9.39. The van der Waals surface area contributed by atoms with Gasteiger partial charge in [-0.25, -0.2) is 0 Å². The lowest BCUT2D eigenvalue weighted by Gasteiger charge is -2.31. The average molecular weight is 342 g/mol. The molecular formula is C19H39N3O2. The standard InChI is InChI=1S/C19H39N3O2/c1-5-19(6-2,11-13-23)16-21-18(20-7-3)22(4)12-8-17-9-14-24-15-10-17/h17,23H,5-16H2,1-4H3,(H,20,21). The van der Waals surface area contributed by atoms with Crippen LogP contribution in [0.4, 0.5) is 0 Å². The van der Waals surface area contributed by atoms with Crippen molar-refractivity contribution in [3.05, 3.63) is 0 Å². The number of rotatable bonds is 10. The second-order valence-corrected chi connectivity index (χ2v) is 7.12. The Morgan fingerprint density at radius 1 is 1.25 bits per heavy atom. The van der Waals surface area contributed by atoms with E-state index in [9.17, 15) is 5.11 Å². The van der Waals surface area contributed by atoms with Gasteiger partial charge in [-0.3, -0.25) is 4.99 Å². The molecule has 24 heavy (non-hydrogen) atoms. The molecule has 5 nitrogen and oxygen atoms in total. The molecule has 1 aliphatic heterocycles. The molecule has 142 valence electrons. The second kappa shape index (κ2) is 11.7. The van der Waals surface area contributed by atoms with Crippen molar-refractivity contribution in [3.8, 4) is 0 Å². The molecule has 1 saturated heterocycles. The van der Waals surface area contributed by atoms with Crippen molar-refractivity contribution in [1.82, 2.24) is 10.2 Å². The molecule has 0 amide bonds.